The van der Waals surface area contributed by atoms with Crippen LogP contribution in [0.15, 0.2) is 24.3 Å². The molecule has 0 spiro atoms. The van der Waals surface area contributed by atoms with Gasteiger partial charge in [0.1, 0.15) is 5.69 Å². The zero-order valence-corrected chi connectivity index (χ0v) is 15.8. The molecule has 0 bridgehead atoms. The number of alkyl halides is 3. The quantitative estimate of drug-likeness (QED) is 0.506. The molecule has 0 amide bonds. The topological polar surface area (TPSA) is 82.9 Å². The number of rotatable bonds is 7. The molecule has 0 aromatic heterocycles. The number of benzene rings is 2. The average Bonchev–Trinajstić information content (AvgIpc) is 2.63. The van der Waals surface area contributed by atoms with Gasteiger partial charge in [0.25, 0.3) is 5.69 Å². The van der Waals surface area contributed by atoms with Gasteiger partial charge in [-0.25, -0.2) is 0 Å². The molecule has 2 aromatic carbocycles. The van der Waals surface area contributed by atoms with E-state index < -0.39 is 27.4 Å². The van der Waals surface area contributed by atoms with Crippen molar-refractivity contribution in [2.45, 2.75) is 12.7 Å². The molecule has 0 fully saturated rings. The summed E-state index contributed by atoms with van der Waals surface area (Å²) in [6.07, 6.45) is -4.81. The highest BCUT2D eigenvalue weighted by molar-refractivity contribution is 6.31. The minimum Gasteiger partial charge on any atom is -0.493 e. The third kappa shape index (κ3) is 4.33. The summed E-state index contributed by atoms with van der Waals surface area (Å²) in [4.78, 5) is 10.3. The average molecular weight is 421 g/mol. The zero-order valence-electron chi connectivity index (χ0n) is 15.0. The zero-order chi connectivity index (χ0) is 21.1. The predicted molar refractivity (Wildman–Crippen MR) is 96.5 cm³/mol. The normalized spacial score (nSPS) is 11.1. The van der Waals surface area contributed by atoms with Crippen LogP contribution in [-0.2, 0) is 12.7 Å². The maximum absolute atomic E-state index is 13.0. The maximum atomic E-state index is 13.0. The molecule has 2 aromatic rings. The minimum absolute atomic E-state index is 0.00788. The van der Waals surface area contributed by atoms with Crippen molar-refractivity contribution in [1.82, 2.24) is 0 Å². The van der Waals surface area contributed by atoms with Crippen molar-refractivity contribution in [3.05, 3.63) is 50.5 Å². The minimum atomic E-state index is -4.81. The van der Waals surface area contributed by atoms with E-state index in [2.05, 4.69) is 5.32 Å². The molecule has 0 aliphatic heterocycles. The van der Waals surface area contributed by atoms with Crippen LogP contribution in [0.3, 0.4) is 0 Å². The smallest absolute Gasteiger partial charge is 0.418 e. The van der Waals surface area contributed by atoms with Crippen LogP contribution < -0.4 is 19.5 Å². The summed E-state index contributed by atoms with van der Waals surface area (Å²) in [6.45, 7) is -0.00788. The SMILES string of the molecule is COc1ccc(CNc2cc(Cl)c(C(F)(F)F)cc2[N+](=O)[O-])c(OC)c1OC. The Bertz CT molecular complexity index is 890. The molecule has 0 aliphatic carbocycles. The van der Waals surface area contributed by atoms with Crippen LogP contribution in [0.5, 0.6) is 17.2 Å². The second kappa shape index (κ2) is 8.42. The van der Waals surface area contributed by atoms with Crippen LogP contribution in [0, 0.1) is 10.1 Å². The molecule has 0 unspecified atom stereocenters. The molecule has 7 nitrogen and oxygen atoms in total. The van der Waals surface area contributed by atoms with Gasteiger partial charge in [-0.2, -0.15) is 13.2 Å². The first kappa shape index (κ1) is 21.4. The second-order valence-electron chi connectivity index (χ2n) is 5.45. The maximum Gasteiger partial charge on any atom is 0.418 e. The number of hydrogen-bond acceptors (Lipinski definition) is 6. The van der Waals surface area contributed by atoms with E-state index in [1.54, 1.807) is 12.1 Å². The largest absolute Gasteiger partial charge is 0.493 e. The van der Waals surface area contributed by atoms with Gasteiger partial charge < -0.3 is 19.5 Å². The monoisotopic (exact) mass is 420 g/mol. The lowest BCUT2D eigenvalue weighted by molar-refractivity contribution is -0.384. The van der Waals surface area contributed by atoms with E-state index in [1.807, 2.05) is 0 Å². The van der Waals surface area contributed by atoms with Crippen molar-refractivity contribution in [1.29, 1.82) is 0 Å². The Labute approximate surface area is 163 Å². The van der Waals surface area contributed by atoms with Crippen LogP contribution in [0.1, 0.15) is 11.1 Å². The van der Waals surface area contributed by atoms with Crippen LogP contribution in [0.4, 0.5) is 24.5 Å². The molecule has 0 heterocycles. The molecule has 0 saturated carbocycles. The van der Waals surface area contributed by atoms with Crippen molar-refractivity contribution < 1.29 is 32.3 Å². The summed E-state index contributed by atoms with van der Waals surface area (Å²) in [7, 11) is 4.26. The second-order valence-corrected chi connectivity index (χ2v) is 5.86. The van der Waals surface area contributed by atoms with Crippen molar-refractivity contribution in [2.75, 3.05) is 26.6 Å². The number of anilines is 1. The van der Waals surface area contributed by atoms with E-state index in [9.17, 15) is 23.3 Å². The molecule has 0 aliphatic rings. The number of methoxy groups -OCH3 is 3. The van der Waals surface area contributed by atoms with Crippen LogP contribution >= 0.6 is 11.6 Å². The Morgan fingerprint density at radius 1 is 1.11 bits per heavy atom. The highest BCUT2D eigenvalue weighted by Gasteiger charge is 2.36. The fourth-order valence-electron chi connectivity index (χ4n) is 2.56. The lowest BCUT2D eigenvalue weighted by Crippen LogP contribution is -2.10. The third-order valence-corrected chi connectivity index (χ3v) is 4.16. The number of nitrogens with one attached hydrogen (secondary N) is 1. The Balaban J connectivity index is 2.42. The lowest BCUT2D eigenvalue weighted by atomic mass is 10.1. The van der Waals surface area contributed by atoms with Gasteiger partial charge in [0.05, 0.1) is 36.8 Å². The van der Waals surface area contributed by atoms with Gasteiger partial charge in [0.2, 0.25) is 5.75 Å². The van der Waals surface area contributed by atoms with E-state index in [1.165, 1.54) is 21.3 Å². The summed E-state index contributed by atoms with van der Waals surface area (Å²) in [6, 6.07) is 4.50. The lowest BCUT2D eigenvalue weighted by Gasteiger charge is -2.17. The number of ether oxygens (including phenoxy) is 3. The van der Waals surface area contributed by atoms with E-state index in [4.69, 9.17) is 25.8 Å². The summed E-state index contributed by atoms with van der Waals surface area (Å²) >= 11 is 5.67. The molecule has 0 saturated heterocycles. The molecular weight excluding hydrogens is 405 g/mol. The van der Waals surface area contributed by atoms with Crippen LogP contribution in [0.2, 0.25) is 5.02 Å². The fourth-order valence-corrected chi connectivity index (χ4v) is 2.84. The predicted octanol–water partition coefficient (Wildman–Crippen LogP) is 4.90. The highest BCUT2D eigenvalue weighted by Crippen LogP contribution is 2.42. The molecular formula is C17H16ClF3N2O5. The van der Waals surface area contributed by atoms with Gasteiger partial charge in [0, 0.05) is 18.2 Å². The van der Waals surface area contributed by atoms with Gasteiger partial charge in [-0.1, -0.05) is 11.6 Å². The van der Waals surface area contributed by atoms with E-state index in [0.717, 1.165) is 6.07 Å². The summed E-state index contributed by atoms with van der Waals surface area (Å²) in [5.74, 6) is 1.03. The summed E-state index contributed by atoms with van der Waals surface area (Å²) in [5, 5.41) is 13.3. The van der Waals surface area contributed by atoms with Crippen LogP contribution in [0.25, 0.3) is 0 Å². The first-order chi connectivity index (χ1) is 13.1. The van der Waals surface area contributed by atoms with Gasteiger partial charge in [-0.3, -0.25) is 10.1 Å². The van der Waals surface area contributed by atoms with Crippen molar-refractivity contribution in [3.8, 4) is 17.2 Å². The summed E-state index contributed by atoms with van der Waals surface area (Å²) < 4.78 is 54.6. The molecule has 1 N–H and O–H groups in total. The number of hydrogen-bond donors (Lipinski definition) is 1. The Morgan fingerprint density at radius 2 is 1.75 bits per heavy atom. The van der Waals surface area contributed by atoms with Gasteiger partial charge in [0.15, 0.2) is 11.5 Å². The van der Waals surface area contributed by atoms with Crippen molar-refractivity contribution in [3.63, 3.8) is 0 Å². The molecule has 11 heteroatoms. The Kier molecular flexibility index (Phi) is 6.45. The van der Waals surface area contributed by atoms with Crippen molar-refractivity contribution >= 4 is 23.0 Å². The first-order valence-electron chi connectivity index (χ1n) is 7.70. The molecule has 152 valence electrons. The highest BCUT2D eigenvalue weighted by atomic mass is 35.5. The van der Waals surface area contributed by atoms with Crippen molar-refractivity contribution in [2.24, 2.45) is 0 Å². The Morgan fingerprint density at radius 3 is 2.25 bits per heavy atom. The molecule has 28 heavy (non-hydrogen) atoms. The fraction of sp³-hybridized carbons (Fsp3) is 0.294. The molecule has 0 radical (unpaired) electrons. The number of nitro benzene ring substituents is 1. The number of halogens is 4. The van der Waals surface area contributed by atoms with E-state index >= 15 is 0 Å². The van der Waals surface area contributed by atoms with Gasteiger partial charge in [-0.05, 0) is 18.2 Å². The van der Waals surface area contributed by atoms with E-state index in [0.29, 0.717) is 28.9 Å². The number of nitrogens with zero attached hydrogens (tertiary/aromatic N) is 1. The van der Waals surface area contributed by atoms with E-state index in [-0.39, 0.29) is 12.2 Å². The standard InChI is InChI=1S/C17H16ClF3N2O5/c1-26-14-5-4-9(15(27-2)16(14)28-3)8-22-12-7-11(18)10(17(19,20)21)6-13(12)23(24)25/h4-7,22H,8H2,1-3H3. The van der Waals surface area contributed by atoms with Crippen LogP contribution in [-0.4, -0.2) is 26.3 Å². The number of nitro groups is 1. The Hall–Kier alpha value is -2.88. The first-order valence-corrected chi connectivity index (χ1v) is 8.08. The molecule has 0 atom stereocenters. The molecule has 2 rings (SSSR count). The third-order valence-electron chi connectivity index (χ3n) is 3.84. The summed E-state index contributed by atoms with van der Waals surface area (Å²) in [5.41, 5.74) is -1.67. The van der Waals surface area contributed by atoms with Gasteiger partial charge >= 0.3 is 6.18 Å². The van der Waals surface area contributed by atoms with Gasteiger partial charge in [-0.15, -0.1) is 0 Å².